The molecule has 7 aromatic rings. The van der Waals surface area contributed by atoms with Crippen LogP contribution in [0.15, 0.2) is 206 Å². The van der Waals surface area contributed by atoms with E-state index in [9.17, 15) is 0 Å². The van der Waals surface area contributed by atoms with Gasteiger partial charge in [0, 0.05) is 34.7 Å². The quantitative estimate of drug-likeness (QED) is 0.162. The highest BCUT2D eigenvalue weighted by Gasteiger charge is 2.40. The van der Waals surface area contributed by atoms with Crippen LogP contribution < -0.4 is 16.2 Å². The normalized spacial score (nSPS) is 17.5. The standard InChI is InChI=1S/C54H42N2O2/c55-48(39-18-8-3-9-19-39)34-45(37-16-6-2-7-17-37)53(56)43-21-11-10-20-42(43)38-26-24-36(25-27-38)40-28-30-50-46(32-40)52-44-22-12-13-23-49(44)58-54(52)47-33-41(29-31-51(47)57-50)35-14-4-1-5-15-35/h1-34,44-45,49,53H,55-56H2/b48-34-/t44?,45?,49?,53-/m0/s1. The molecule has 3 unspecified atom stereocenters. The van der Waals surface area contributed by atoms with Crippen molar-refractivity contribution in [3.63, 3.8) is 0 Å². The van der Waals surface area contributed by atoms with E-state index in [1.165, 1.54) is 0 Å². The molecule has 4 atom stereocenters. The van der Waals surface area contributed by atoms with Crippen molar-refractivity contribution >= 4 is 17.0 Å². The molecule has 3 aliphatic rings. The van der Waals surface area contributed by atoms with Gasteiger partial charge >= 0.3 is 0 Å². The molecule has 58 heavy (non-hydrogen) atoms. The summed E-state index contributed by atoms with van der Waals surface area (Å²) in [5.74, 6) is 2.42. The Hall–Kier alpha value is -7.14. The molecule has 0 radical (unpaired) electrons. The van der Waals surface area contributed by atoms with E-state index in [-0.39, 0.29) is 24.0 Å². The van der Waals surface area contributed by atoms with Crippen molar-refractivity contribution in [3.8, 4) is 44.9 Å². The average Bonchev–Trinajstić information content (AvgIpc) is 3.62. The summed E-state index contributed by atoms with van der Waals surface area (Å²) in [4.78, 5) is 0. The van der Waals surface area contributed by atoms with Crippen molar-refractivity contribution in [2.75, 3.05) is 0 Å². The summed E-state index contributed by atoms with van der Waals surface area (Å²) >= 11 is 0. The largest absolute Gasteiger partial charge is 0.484 e. The van der Waals surface area contributed by atoms with Crippen LogP contribution in [-0.4, -0.2) is 6.10 Å². The van der Waals surface area contributed by atoms with Gasteiger partial charge in [-0.25, -0.2) is 0 Å². The summed E-state index contributed by atoms with van der Waals surface area (Å²) in [6.45, 7) is 0. The minimum Gasteiger partial charge on any atom is -0.484 e. The summed E-state index contributed by atoms with van der Waals surface area (Å²) in [7, 11) is 0. The molecule has 4 heteroatoms. The first-order valence-corrected chi connectivity index (χ1v) is 19.9. The summed E-state index contributed by atoms with van der Waals surface area (Å²) in [5, 5.41) is 0. The van der Waals surface area contributed by atoms with E-state index < -0.39 is 0 Å². The Kier molecular flexibility index (Phi) is 9.17. The van der Waals surface area contributed by atoms with E-state index in [4.69, 9.17) is 20.9 Å². The molecular weight excluding hydrogens is 709 g/mol. The lowest BCUT2D eigenvalue weighted by atomic mass is 9.83. The van der Waals surface area contributed by atoms with Crippen LogP contribution in [-0.2, 0) is 4.74 Å². The number of benzene rings is 7. The zero-order valence-electron chi connectivity index (χ0n) is 31.9. The molecule has 0 spiro atoms. The monoisotopic (exact) mass is 750 g/mol. The van der Waals surface area contributed by atoms with Crippen LogP contribution in [0.5, 0.6) is 11.5 Å². The number of hydrogen-bond donors (Lipinski definition) is 2. The van der Waals surface area contributed by atoms with Gasteiger partial charge in [-0.3, -0.25) is 0 Å². The van der Waals surface area contributed by atoms with Crippen LogP contribution in [0.4, 0.5) is 0 Å². The SMILES string of the molecule is N/C(=C\C(c1ccccc1)[C@@H](N)c1ccccc1-c1ccc(-c2ccc3c(c2)C2=C(OC4C=CC=CC24)c2cc(-c4ccccc4)ccc2O3)cc1)c1ccccc1. The summed E-state index contributed by atoms with van der Waals surface area (Å²) in [6, 6.07) is 60.7. The van der Waals surface area contributed by atoms with E-state index in [1.54, 1.807) is 0 Å². The van der Waals surface area contributed by atoms with Gasteiger partial charge in [-0.2, -0.15) is 0 Å². The highest BCUT2D eigenvalue weighted by molar-refractivity contribution is 5.98. The number of hydrogen-bond acceptors (Lipinski definition) is 4. The fourth-order valence-corrected chi connectivity index (χ4v) is 8.64. The molecule has 280 valence electrons. The molecule has 0 saturated heterocycles. The second-order valence-corrected chi connectivity index (χ2v) is 15.1. The molecule has 2 aliphatic heterocycles. The van der Waals surface area contributed by atoms with Crippen LogP contribution in [0, 0.1) is 5.92 Å². The molecule has 0 fully saturated rings. The minimum atomic E-state index is -0.346. The zero-order chi connectivity index (χ0) is 39.0. The van der Waals surface area contributed by atoms with Gasteiger partial charge in [-0.05, 0) is 80.4 Å². The molecule has 10 rings (SSSR count). The minimum absolute atomic E-state index is 0.0737. The Bertz CT molecular complexity index is 2750. The van der Waals surface area contributed by atoms with Gasteiger partial charge < -0.3 is 20.9 Å². The fraction of sp³-hybridized carbons (Fsp3) is 0.0741. The van der Waals surface area contributed by atoms with Crippen molar-refractivity contribution in [2.24, 2.45) is 17.4 Å². The Labute approximate surface area is 339 Å². The first-order valence-electron chi connectivity index (χ1n) is 19.9. The molecule has 0 bridgehead atoms. The molecular formula is C54H42N2O2. The molecule has 2 heterocycles. The Balaban J connectivity index is 1.00. The van der Waals surface area contributed by atoms with Gasteiger partial charge in [0.25, 0.3) is 0 Å². The maximum absolute atomic E-state index is 7.26. The Morgan fingerprint density at radius 1 is 0.534 bits per heavy atom. The van der Waals surface area contributed by atoms with Crippen LogP contribution in [0.25, 0.3) is 50.4 Å². The molecule has 1 aliphatic carbocycles. The van der Waals surface area contributed by atoms with Crippen molar-refractivity contribution in [1.82, 2.24) is 0 Å². The second kappa shape index (κ2) is 15.1. The van der Waals surface area contributed by atoms with Gasteiger partial charge in [0.2, 0.25) is 0 Å². The van der Waals surface area contributed by atoms with Gasteiger partial charge in [-0.1, -0.05) is 176 Å². The van der Waals surface area contributed by atoms with Gasteiger partial charge in [0.15, 0.2) is 0 Å². The third kappa shape index (κ3) is 6.54. The van der Waals surface area contributed by atoms with Gasteiger partial charge in [0.05, 0.1) is 5.56 Å². The lowest BCUT2D eigenvalue weighted by Gasteiger charge is -2.25. The summed E-state index contributed by atoms with van der Waals surface area (Å²) < 4.78 is 13.5. The van der Waals surface area contributed by atoms with E-state index in [0.29, 0.717) is 5.70 Å². The smallest absolute Gasteiger partial charge is 0.138 e. The van der Waals surface area contributed by atoms with E-state index in [1.807, 2.05) is 42.5 Å². The predicted molar refractivity (Wildman–Crippen MR) is 237 cm³/mol. The maximum Gasteiger partial charge on any atom is 0.138 e. The van der Waals surface area contributed by atoms with Crippen LogP contribution >= 0.6 is 0 Å². The molecule has 7 aromatic carbocycles. The highest BCUT2D eigenvalue weighted by Crippen LogP contribution is 2.53. The van der Waals surface area contributed by atoms with Gasteiger partial charge in [-0.15, -0.1) is 0 Å². The third-order valence-electron chi connectivity index (χ3n) is 11.6. The van der Waals surface area contributed by atoms with Crippen molar-refractivity contribution in [3.05, 3.63) is 234 Å². The first-order chi connectivity index (χ1) is 28.6. The lowest BCUT2D eigenvalue weighted by molar-refractivity contribution is 0.212. The van der Waals surface area contributed by atoms with Crippen LogP contribution in [0.2, 0.25) is 0 Å². The zero-order valence-corrected chi connectivity index (χ0v) is 31.9. The van der Waals surface area contributed by atoms with Crippen molar-refractivity contribution < 1.29 is 9.47 Å². The predicted octanol–water partition coefficient (Wildman–Crippen LogP) is 12.6. The number of allylic oxidation sites excluding steroid dienone is 2. The molecule has 0 saturated carbocycles. The molecule has 4 N–H and O–H groups in total. The molecule has 0 aromatic heterocycles. The van der Waals surface area contributed by atoms with Crippen molar-refractivity contribution in [2.45, 2.75) is 18.1 Å². The molecule has 0 amide bonds. The lowest BCUT2D eigenvalue weighted by Crippen LogP contribution is -2.20. The topological polar surface area (TPSA) is 70.5 Å². The Morgan fingerprint density at radius 2 is 1.10 bits per heavy atom. The number of nitrogens with two attached hydrogens (primary N) is 2. The molecule has 4 nitrogen and oxygen atoms in total. The van der Waals surface area contributed by atoms with Gasteiger partial charge in [0.1, 0.15) is 23.4 Å². The number of rotatable bonds is 8. The van der Waals surface area contributed by atoms with E-state index in [0.717, 1.165) is 84.0 Å². The highest BCUT2D eigenvalue weighted by atomic mass is 16.5. The van der Waals surface area contributed by atoms with Crippen molar-refractivity contribution in [1.29, 1.82) is 0 Å². The Morgan fingerprint density at radius 3 is 1.84 bits per heavy atom. The fourth-order valence-electron chi connectivity index (χ4n) is 8.64. The first kappa shape index (κ1) is 35.3. The number of ether oxygens (including phenoxy) is 2. The van der Waals surface area contributed by atoms with E-state index in [2.05, 4.69) is 164 Å². The van der Waals surface area contributed by atoms with Crippen LogP contribution in [0.3, 0.4) is 0 Å². The maximum atomic E-state index is 7.26. The summed E-state index contributed by atoms with van der Waals surface area (Å²) in [6.07, 6.45) is 10.6. The third-order valence-corrected chi connectivity index (χ3v) is 11.6. The summed E-state index contributed by atoms with van der Waals surface area (Å²) in [5.41, 5.74) is 27.7. The average molecular weight is 751 g/mol. The van der Waals surface area contributed by atoms with E-state index >= 15 is 0 Å². The number of fused-ring (bicyclic) bond motifs is 6. The second-order valence-electron chi connectivity index (χ2n) is 15.1. The van der Waals surface area contributed by atoms with Crippen LogP contribution in [0.1, 0.15) is 39.8 Å².